The predicted octanol–water partition coefficient (Wildman–Crippen LogP) is 29.2. The number of pyridine rings is 4. The first-order valence-corrected chi connectivity index (χ1v) is 40.3. The van der Waals surface area contributed by atoms with Crippen molar-refractivity contribution in [3.63, 3.8) is 0 Å². The van der Waals surface area contributed by atoms with Crippen LogP contribution in [-0.2, 0) is 0 Å². The number of halogens is 3. The molecule has 0 amide bonds. The summed E-state index contributed by atoms with van der Waals surface area (Å²) < 4.78 is 10.4. The first kappa shape index (κ1) is 70.9. The third-order valence-electron chi connectivity index (χ3n) is 21.0. The molecule has 21 rings (SSSR count). The fourth-order valence-corrected chi connectivity index (χ4v) is 17.5. The highest BCUT2D eigenvalue weighted by molar-refractivity contribution is 9.11. The Balaban J connectivity index is 0.000000115. The van der Waals surface area contributed by atoms with E-state index in [0.717, 1.165) is 126 Å². The number of fused-ring (bicyclic) bond motifs is 9. The summed E-state index contributed by atoms with van der Waals surface area (Å²) in [6.07, 6.45) is 3.67. The molecule has 0 saturated carbocycles. The van der Waals surface area contributed by atoms with Gasteiger partial charge in [-0.3, -0.25) is 9.97 Å². The van der Waals surface area contributed by atoms with Gasteiger partial charge in [-0.15, -0.1) is 0 Å². The summed E-state index contributed by atoms with van der Waals surface area (Å²) in [6.45, 7) is 0. The van der Waals surface area contributed by atoms with Gasteiger partial charge < -0.3 is 13.7 Å². The summed E-state index contributed by atoms with van der Waals surface area (Å²) in [4.78, 5) is 19.4. The Morgan fingerprint density at radius 3 is 0.816 bits per heavy atom. The highest BCUT2D eigenvalue weighted by atomic mass is 79.9. The Kier molecular flexibility index (Phi) is 19.5. The zero-order chi connectivity index (χ0) is 76.4. The average molecular weight is 1660 g/mol. The lowest BCUT2D eigenvalue weighted by molar-refractivity contribution is 1.18. The van der Waals surface area contributed by atoms with Crippen LogP contribution in [0.5, 0.6) is 0 Å². The van der Waals surface area contributed by atoms with E-state index in [0.29, 0.717) is 0 Å². The summed E-state index contributed by atoms with van der Waals surface area (Å²) in [5.41, 5.74) is 29.6. The predicted molar refractivity (Wildman–Crippen MR) is 486 cm³/mol. The van der Waals surface area contributed by atoms with Crippen molar-refractivity contribution < 1.29 is 0 Å². The van der Waals surface area contributed by atoms with E-state index in [1.807, 2.05) is 67.0 Å². The van der Waals surface area contributed by atoms with Gasteiger partial charge in [-0.2, -0.15) is 0 Å². The molecule has 10 heteroatoms. The second kappa shape index (κ2) is 31.4. The zero-order valence-electron chi connectivity index (χ0n) is 61.5. The Morgan fingerprint density at radius 1 is 0.175 bits per heavy atom. The van der Waals surface area contributed by atoms with Crippen molar-refractivity contribution >= 4 is 113 Å². The minimum absolute atomic E-state index is 0.940. The quantitative estimate of drug-likeness (QED) is 0.122. The number of rotatable bonds is 12. The van der Waals surface area contributed by atoms with Gasteiger partial charge in [-0.1, -0.05) is 290 Å². The van der Waals surface area contributed by atoms with Crippen molar-refractivity contribution in [1.29, 1.82) is 0 Å². The van der Waals surface area contributed by atoms with Crippen molar-refractivity contribution in [2.45, 2.75) is 0 Å². The van der Waals surface area contributed by atoms with Crippen molar-refractivity contribution in [2.24, 2.45) is 0 Å². The lowest BCUT2D eigenvalue weighted by atomic mass is 9.96. The Hall–Kier alpha value is -13.5. The smallest absolute Gasteiger partial charge is 0.0716 e. The number of para-hydroxylation sites is 3. The molecule has 7 nitrogen and oxygen atoms in total. The van der Waals surface area contributed by atoms with Gasteiger partial charge in [0.2, 0.25) is 0 Å². The van der Waals surface area contributed by atoms with E-state index in [1.54, 1.807) is 0 Å². The van der Waals surface area contributed by atoms with Gasteiger partial charge >= 0.3 is 0 Å². The highest BCUT2D eigenvalue weighted by Crippen LogP contribution is 2.43. The number of nitrogens with zero attached hydrogens (tertiary/aromatic N) is 7. The Morgan fingerprint density at radius 2 is 0.447 bits per heavy atom. The minimum Gasteiger partial charge on any atom is -0.309 e. The lowest BCUT2D eigenvalue weighted by Gasteiger charge is -2.13. The fraction of sp³-hybridized carbons (Fsp3) is 0. The number of aromatic nitrogens is 7. The fourth-order valence-electron chi connectivity index (χ4n) is 15.8. The van der Waals surface area contributed by atoms with Gasteiger partial charge in [0.05, 0.1) is 67.3 Å². The first-order valence-electron chi connectivity index (χ1n) is 37.9. The van der Waals surface area contributed by atoms with Crippen molar-refractivity contribution in [2.75, 3.05) is 0 Å². The van der Waals surface area contributed by atoms with Crippen LogP contribution < -0.4 is 0 Å². The molecular formula is C104H68Br3N7. The molecule has 0 aliphatic rings. The summed E-state index contributed by atoms with van der Waals surface area (Å²) in [6, 6.07) is 140. The molecule has 0 bridgehead atoms. The third kappa shape index (κ3) is 13.9. The van der Waals surface area contributed by atoms with Crippen LogP contribution in [0.3, 0.4) is 0 Å². The van der Waals surface area contributed by atoms with Crippen LogP contribution in [0.1, 0.15) is 0 Å². The SMILES string of the molecule is Brc1cccc2c1c1ccccc1n2-c1cccc(-c2cc(-c3ccccc3)cc(-c3ccccc3)n2)c1.Brc1cccc2c1c1ccccc1n2-c1cccc(-c2cc(-c3ccccc3)nc(-c3ccccc3)c2)c1.Brc1cccc2c1c1ccccc1n2-c1cccc(-c2cc(-c3ccccn3)cc(-c3ccccn3)c2)c1. The van der Waals surface area contributed by atoms with E-state index >= 15 is 0 Å². The molecular weight excluding hydrogens is 1590 g/mol. The number of benzene rings is 14. The summed E-state index contributed by atoms with van der Waals surface area (Å²) in [5, 5.41) is 7.38. The maximum Gasteiger partial charge on any atom is 0.0716 e. The van der Waals surface area contributed by atoms with E-state index in [4.69, 9.17) is 9.97 Å². The molecule has 7 heterocycles. The normalized spacial score (nSPS) is 11.3. The van der Waals surface area contributed by atoms with Crippen LogP contribution in [0.15, 0.2) is 426 Å². The molecule has 0 radical (unpaired) electrons. The second-order valence-electron chi connectivity index (χ2n) is 28.1. The van der Waals surface area contributed by atoms with E-state index in [2.05, 4.69) is 417 Å². The van der Waals surface area contributed by atoms with E-state index in [1.165, 1.54) is 71.0 Å². The third-order valence-corrected chi connectivity index (χ3v) is 23.0. The Labute approximate surface area is 685 Å². The molecule has 0 aliphatic heterocycles. The highest BCUT2D eigenvalue weighted by Gasteiger charge is 2.21. The molecule has 0 saturated heterocycles. The molecule has 0 spiro atoms. The number of hydrogen-bond donors (Lipinski definition) is 0. The molecule has 114 heavy (non-hydrogen) atoms. The van der Waals surface area contributed by atoms with Crippen molar-refractivity contribution in [1.82, 2.24) is 33.6 Å². The molecule has 14 aromatic carbocycles. The maximum absolute atomic E-state index is 5.14. The largest absolute Gasteiger partial charge is 0.309 e. The van der Waals surface area contributed by atoms with E-state index < -0.39 is 0 Å². The van der Waals surface area contributed by atoms with Gasteiger partial charge in [-0.05, 0) is 191 Å². The van der Waals surface area contributed by atoms with Crippen molar-refractivity contribution in [3.8, 4) is 118 Å². The Bertz CT molecular complexity index is 6270. The van der Waals surface area contributed by atoms with Crippen LogP contribution in [0.4, 0.5) is 0 Å². The summed E-state index contributed by atoms with van der Waals surface area (Å²) in [5.74, 6) is 0. The standard InChI is InChI=1S/2C35H23BrN2.C34H22BrN3/c36-30-18-10-20-34-35(30)29-17-7-8-19-33(29)38(34)28-16-9-15-26(21-28)27-22-31(24-11-3-1-4-12-24)37-32(23-27)25-13-5-2-6-14-25;36-30-18-10-20-34-35(30)29-17-7-8-19-33(29)38(34)28-16-9-15-26(21-28)32-23-27(24-11-3-1-4-12-24)22-31(37-32)25-13-5-2-6-14-25;35-29-12-8-16-33-34(29)28-11-1-2-15-32(28)38(33)27-10-7-9-23(22-27)24-19-25(30-13-3-5-17-36-30)21-26(20-24)31-14-4-6-18-37-31/h2*1-23H;1-22H. The molecule has 0 fully saturated rings. The topological polar surface area (TPSA) is 66.3 Å². The van der Waals surface area contributed by atoms with Crippen LogP contribution >= 0.6 is 47.8 Å². The minimum atomic E-state index is 0.940. The molecule has 21 aromatic rings. The summed E-state index contributed by atoms with van der Waals surface area (Å²) >= 11 is 11.4. The average Bonchev–Trinajstić information content (AvgIpc) is 1.60. The summed E-state index contributed by atoms with van der Waals surface area (Å²) in [7, 11) is 0. The lowest BCUT2D eigenvalue weighted by Crippen LogP contribution is -1.96. The monoisotopic (exact) mass is 1650 g/mol. The van der Waals surface area contributed by atoms with Gasteiger partial charge in [0.25, 0.3) is 0 Å². The number of hydrogen-bond acceptors (Lipinski definition) is 4. The maximum atomic E-state index is 5.14. The molecule has 540 valence electrons. The molecule has 0 atom stereocenters. The van der Waals surface area contributed by atoms with Gasteiger partial charge in [0, 0.05) is 109 Å². The second-order valence-corrected chi connectivity index (χ2v) is 30.6. The molecule has 0 aliphatic carbocycles. The van der Waals surface area contributed by atoms with Crippen LogP contribution in [0, 0.1) is 0 Å². The van der Waals surface area contributed by atoms with Gasteiger partial charge in [0.15, 0.2) is 0 Å². The van der Waals surface area contributed by atoms with Crippen LogP contribution in [0.2, 0.25) is 0 Å². The van der Waals surface area contributed by atoms with Crippen LogP contribution in [0.25, 0.3) is 183 Å². The van der Waals surface area contributed by atoms with Gasteiger partial charge in [0.1, 0.15) is 0 Å². The molecule has 7 aromatic heterocycles. The first-order chi connectivity index (χ1) is 56.3. The van der Waals surface area contributed by atoms with E-state index in [9.17, 15) is 0 Å². The molecule has 0 N–H and O–H groups in total. The van der Waals surface area contributed by atoms with Crippen LogP contribution in [-0.4, -0.2) is 33.6 Å². The van der Waals surface area contributed by atoms with Gasteiger partial charge in [-0.25, -0.2) is 9.97 Å². The van der Waals surface area contributed by atoms with Crippen molar-refractivity contribution in [3.05, 3.63) is 426 Å². The molecule has 0 unspecified atom stereocenters. The zero-order valence-corrected chi connectivity index (χ0v) is 66.3. The van der Waals surface area contributed by atoms with E-state index in [-0.39, 0.29) is 0 Å².